The number of nitrogens with two attached hydrogens (primary N) is 1. The van der Waals surface area contributed by atoms with Gasteiger partial charge in [-0.25, -0.2) is 14.4 Å². The zero-order valence-corrected chi connectivity index (χ0v) is 10.4. The molecule has 0 fully saturated rings. The fourth-order valence-electron chi connectivity index (χ4n) is 1.19. The van der Waals surface area contributed by atoms with Crippen LogP contribution >= 0.6 is 0 Å². The van der Waals surface area contributed by atoms with E-state index in [-0.39, 0.29) is 19.1 Å². The average Bonchev–Trinajstić information content (AvgIpc) is 2.30. The van der Waals surface area contributed by atoms with Crippen LogP contribution in [0.2, 0.25) is 0 Å². The van der Waals surface area contributed by atoms with E-state index in [4.69, 9.17) is 10.8 Å². The largest absolute Gasteiger partial charge is 0.480 e. The van der Waals surface area contributed by atoms with Crippen LogP contribution in [0, 0.1) is 5.92 Å². The van der Waals surface area contributed by atoms with Gasteiger partial charge in [-0.2, -0.15) is 0 Å². The second-order valence-corrected chi connectivity index (χ2v) is 3.77. The molecular formula is C10H19N3O5. The standard InChI is InChI=1S/C10H19N3O5/c1-3-6(2)7(8(14)15)13-10(17)12-4-5-18-9(11)16/h6-7H,3-5H2,1-2H3,(H2,11,16)(H,14,15)(H2,12,13,17)/t6?,7-/m0/s1. The highest BCUT2D eigenvalue weighted by Crippen LogP contribution is 2.07. The summed E-state index contributed by atoms with van der Waals surface area (Å²) in [6, 6.07) is -1.58. The normalized spacial score (nSPS) is 13.2. The van der Waals surface area contributed by atoms with Crippen LogP contribution in [0.5, 0.6) is 0 Å². The Labute approximate surface area is 105 Å². The summed E-state index contributed by atoms with van der Waals surface area (Å²) >= 11 is 0. The third kappa shape index (κ3) is 6.56. The molecule has 0 bridgehead atoms. The number of urea groups is 1. The number of amides is 3. The molecule has 0 aliphatic carbocycles. The molecule has 2 atom stereocenters. The van der Waals surface area contributed by atoms with Crippen LogP contribution in [0.15, 0.2) is 0 Å². The van der Waals surface area contributed by atoms with Crippen molar-refractivity contribution in [2.45, 2.75) is 26.3 Å². The van der Waals surface area contributed by atoms with Crippen LogP contribution in [0.4, 0.5) is 9.59 Å². The van der Waals surface area contributed by atoms with Crippen LogP contribution in [-0.2, 0) is 9.53 Å². The summed E-state index contributed by atoms with van der Waals surface area (Å²) in [6.45, 7) is 3.56. The summed E-state index contributed by atoms with van der Waals surface area (Å²) < 4.78 is 4.39. The molecule has 0 radical (unpaired) electrons. The SMILES string of the molecule is CCC(C)[C@H](NC(=O)NCCOC(N)=O)C(=O)O. The second-order valence-electron chi connectivity index (χ2n) is 3.77. The van der Waals surface area contributed by atoms with Gasteiger partial charge in [0.1, 0.15) is 12.6 Å². The smallest absolute Gasteiger partial charge is 0.404 e. The molecule has 104 valence electrons. The molecule has 0 aromatic rings. The van der Waals surface area contributed by atoms with Crippen molar-refractivity contribution in [3.8, 4) is 0 Å². The van der Waals surface area contributed by atoms with Gasteiger partial charge in [-0.15, -0.1) is 0 Å². The van der Waals surface area contributed by atoms with E-state index in [1.807, 2.05) is 6.92 Å². The summed E-state index contributed by atoms with van der Waals surface area (Å²) in [5.74, 6) is -1.27. The lowest BCUT2D eigenvalue weighted by Gasteiger charge is -2.20. The third-order valence-corrected chi connectivity index (χ3v) is 2.40. The average molecular weight is 261 g/mol. The number of nitrogens with one attached hydrogen (secondary N) is 2. The zero-order chi connectivity index (χ0) is 14.1. The van der Waals surface area contributed by atoms with Gasteiger partial charge < -0.3 is 26.2 Å². The summed E-state index contributed by atoms with van der Waals surface area (Å²) in [5, 5.41) is 13.6. The van der Waals surface area contributed by atoms with E-state index < -0.39 is 24.1 Å². The summed E-state index contributed by atoms with van der Waals surface area (Å²) in [6.07, 6.45) is -0.303. The first-order chi connectivity index (χ1) is 8.38. The van der Waals surface area contributed by atoms with Crippen molar-refractivity contribution < 1.29 is 24.2 Å². The van der Waals surface area contributed by atoms with Crippen molar-refractivity contribution in [2.75, 3.05) is 13.2 Å². The van der Waals surface area contributed by atoms with Crippen molar-refractivity contribution in [3.05, 3.63) is 0 Å². The molecular weight excluding hydrogens is 242 g/mol. The molecule has 0 aromatic heterocycles. The van der Waals surface area contributed by atoms with Gasteiger partial charge in [0.2, 0.25) is 0 Å². The quantitative estimate of drug-likeness (QED) is 0.474. The maximum atomic E-state index is 11.4. The number of rotatable bonds is 7. The lowest BCUT2D eigenvalue weighted by atomic mass is 9.99. The molecule has 1 unspecified atom stereocenters. The zero-order valence-electron chi connectivity index (χ0n) is 10.4. The fourth-order valence-corrected chi connectivity index (χ4v) is 1.19. The van der Waals surface area contributed by atoms with E-state index in [0.29, 0.717) is 6.42 Å². The Morgan fingerprint density at radius 2 is 2.00 bits per heavy atom. The number of ether oxygens (including phenoxy) is 1. The van der Waals surface area contributed by atoms with Crippen molar-refractivity contribution in [1.29, 1.82) is 0 Å². The van der Waals surface area contributed by atoms with Gasteiger partial charge in [0.15, 0.2) is 0 Å². The maximum Gasteiger partial charge on any atom is 0.404 e. The van der Waals surface area contributed by atoms with Gasteiger partial charge in [0.25, 0.3) is 0 Å². The predicted molar refractivity (Wildman–Crippen MR) is 62.9 cm³/mol. The number of hydrogen-bond acceptors (Lipinski definition) is 4. The van der Waals surface area contributed by atoms with Gasteiger partial charge in [-0.05, 0) is 5.92 Å². The van der Waals surface area contributed by atoms with Gasteiger partial charge in [0.05, 0.1) is 6.54 Å². The minimum absolute atomic E-state index is 0.0572. The van der Waals surface area contributed by atoms with Gasteiger partial charge in [0, 0.05) is 0 Å². The molecule has 0 spiro atoms. The van der Waals surface area contributed by atoms with E-state index in [2.05, 4.69) is 15.4 Å². The van der Waals surface area contributed by atoms with Crippen LogP contribution in [0.1, 0.15) is 20.3 Å². The Morgan fingerprint density at radius 1 is 1.39 bits per heavy atom. The maximum absolute atomic E-state index is 11.4. The van der Waals surface area contributed by atoms with Crippen molar-refractivity contribution >= 4 is 18.1 Å². The summed E-state index contributed by atoms with van der Waals surface area (Å²) in [7, 11) is 0. The highest BCUT2D eigenvalue weighted by atomic mass is 16.5. The molecule has 0 aliphatic rings. The minimum atomic E-state index is -1.09. The number of carboxylic acids is 1. The summed E-state index contributed by atoms with van der Waals surface area (Å²) in [5.41, 5.74) is 4.72. The topological polar surface area (TPSA) is 131 Å². The van der Waals surface area contributed by atoms with Crippen LogP contribution < -0.4 is 16.4 Å². The number of primary amides is 1. The highest BCUT2D eigenvalue weighted by molar-refractivity contribution is 5.82. The minimum Gasteiger partial charge on any atom is -0.480 e. The molecule has 3 amide bonds. The van der Waals surface area contributed by atoms with Crippen LogP contribution in [0.3, 0.4) is 0 Å². The molecule has 0 heterocycles. The number of hydrogen-bond donors (Lipinski definition) is 4. The predicted octanol–water partition coefficient (Wildman–Crippen LogP) is -0.120. The van der Waals surface area contributed by atoms with Crippen molar-refractivity contribution in [2.24, 2.45) is 11.7 Å². The third-order valence-electron chi connectivity index (χ3n) is 2.40. The lowest BCUT2D eigenvalue weighted by Crippen LogP contribution is -2.49. The van der Waals surface area contributed by atoms with Crippen LogP contribution in [0.25, 0.3) is 0 Å². The Kier molecular flexibility index (Phi) is 7.25. The Morgan fingerprint density at radius 3 is 2.44 bits per heavy atom. The molecule has 0 aliphatic heterocycles. The van der Waals surface area contributed by atoms with E-state index in [9.17, 15) is 14.4 Å². The number of carboxylic acid groups (broad SMARTS) is 1. The highest BCUT2D eigenvalue weighted by Gasteiger charge is 2.24. The van der Waals surface area contributed by atoms with Gasteiger partial charge in [-0.1, -0.05) is 20.3 Å². The van der Waals surface area contributed by atoms with E-state index >= 15 is 0 Å². The van der Waals surface area contributed by atoms with E-state index in [0.717, 1.165) is 0 Å². The number of carbonyl (C=O) groups excluding carboxylic acids is 2. The van der Waals surface area contributed by atoms with Crippen molar-refractivity contribution in [1.82, 2.24) is 10.6 Å². The first kappa shape index (κ1) is 16.0. The van der Waals surface area contributed by atoms with Gasteiger partial charge in [-0.3, -0.25) is 0 Å². The number of carbonyl (C=O) groups is 3. The molecule has 0 aromatic carbocycles. The van der Waals surface area contributed by atoms with E-state index in [1.54, 1.807) is 6.92 Å². The Hall–Kier alpha value is -1.99. The summed E-state index contributed by atoms with van der Waals surface area (Å²) in [4.78, 5) is 32.5. The Balaban J connectivity index is 4.03. The van der Waals surface area contributed by atoms with E-state index in [1.165, 1.54) is 0 Å². The second kappa shape index (κ2) is 8.15. The first-order valence-electron chi connectivity index (χ1n) is 5.57. The van der Waals surface area contributed by atoms with Crippen LogP contribution in [-0.4, -0.2) is 42.4 Å². The molecule has 0 rings (SSSR count). The molecule has 5 N–H and O–H groups in total. The molecule has 0 saturated heterocycles. The monoisotopic (exact) mass is 261 g/mol. The molecule has 18 heavy (non-hydrogen) atoms. The number of aliphatic carboxylic acids is 1. The lowest BCUT2D eigenvalue weighted by molar-refractivity contribution is -0.140. The van der Waals surface area contributed by atoms with Gasteiger partial charge >= 0.3 is 18.1 Å². The molecule has 8 nitrogen and oxygen atoms in total. The molecule has 0 saturated carbocycles. The molecule has 8 heteroatoms. The fraction of sp³-hybridized carbons (Fsp3) is 0.700. The Bertz CT molecular complexity index is 308. The van der Waals surface area contributed by atoms with Crippen molar-refractivity contribution in [3.63, 3.8) is 0 Å². The first-order valence-corrected chi connectivity index (χ1v) is 5.57.